The van der Waals surface area contributed by atoms with Crippen LogP contribution in [0.5, 0.6) is 0 Å². The van der Waals surface area contributed by atoms with Gasteiger partial charge in [-0.15, -0.1) is 0 Å². The first-order chi connectivity index (χ1) is 26.5. The molecule has 0 spiro atoms. The van der Waals surface area contributed by atoms with E-state index in [0.29, 0.717) is 12.8 Å². The van der Waals surface area contributed by atoms with Crippen LogP contribution in [0.1, 0.15) is 123 Å². The molecular weight excluding hydrogens is 707 g/mol. The SMILES string of the molecule is CCC(C)(N)C(=O)[C@H](CCC(=O)OCc1ccccc1)NC(C)(CC)C(C)(C)C(=O)[C@H](CCC(=O)OCc1ccc(CNCCN2CCCC2)cc1)NC(C)C. The van der Waals surface area contributed by atoms with Crippen LogP contribution in [0.25, 0.3) is 0 Å². The molecular formula is C45H71N5O6. The Morgan fingerprint density at radius 1 is 0.750 bits per heavy atom. The molecule has 11 heteroatoms. The molecule has 2 aromatic carbocycles. The summed E-state index contributed by atoms with van der Waals surface area (Å²) in [6.07, 6.45) is 4.00. The van der Waals surface area contributed by atoms with Crippen LogP contribution in [0.3, 0.4) is 0 Å². The van der Waals surface area contributed by atoms with Gasteiger partial charge in [0.15, 0.2) is 11.6 Å². The summed E-state index contributed by atoms with van der Waals surface area (Å²) in [5.74, 6) is -1.10. The Labute approximate surface area is 336 Å². The molecule has 1 fully saturated rings. The molecule has 0 bridgehead atoms. The second-order valence-corrected chi connectivity index (χ2v) is 16.8. The van der Waals surface area contributed by atoms with Crippen molar-refractivity contribution in [2.75, 3.05) is 26.2 Å². The molecule has 0 amide bonds. The van der Waals surface area contributed by atoms with Crippen LogP contribution in [0, 0.1) is 5.41 Å². The highest BCUT2D eigenvalue weighted by atomic mass is 16.5. The number of likely N-dealkylation sites (tertiary alicyclic amines) is 1. The summed E-state index contributed by atoms with van der Waals surface area (Å²) in [6.45, 7) is 20.7. The number of nitrogens with two attached hydrogens (primary N) is 1. The molecule has 2 unspecified atom stereocenters. The summed E-state index contributed by atoms with van der Waals surface area (Å²) >= 11 is 0. The van der Waals surface area contributed by atoms with Crippen molar-refractivity contribution < 1.29 is 28.7 Å². The van der Waals surface area contributed by atoms with Crippen LogP contribution in [0.2, 0.25) is 0 Å². The lowest BCUT2D eigenvalue weighted by molar-refractivity contribution is -0.147. The van der Waals surface area contributed by atoms with Crippen molar-refractivity contribution in [3.05, 3.63) is 71.3 Å². The minimum Gasteiger partial charge on any atom is -0.461 e. The van der Waals surface area contributed by atoms with E-state index in [-0.39, 0.29) is 62.5 Å². The zero-order valence-electron chi connectivity index (χ0n) is 35.5. The van der Waals surface area contributed by atoms with Gasteiger partial charge in [0.25, 0.3) is 0 Å². The summed E-state index contributed by atoms with van der Waals surface area (Å²) < 4.78 is 11.2. The fourth-order valence-corrected chi connectivity index (χ4v) is 7.15. The molecule has 56 heavy (non-hydrogen) atoms. The van der Waals surface area contributed by atoms with E-state index in [1.54, 1.807) is 6.92 Å². The number of hydrogen-bond donors (Lipinski definition) is 4. The fraction of sp³-hybridized carbons (Fsp3) is 0.644. The molecule has 1 saturated heterocycles. The number of ketones is 2. The maximum atomic E-state index is 14.5. The van der Waals surface area contributed by atoms with Gasteiger partial charge in [-0.25, -0.2) is 0 Å². The fourth-order valence-electron chi connectivity index (χ4n) is 7.15. The number of ether oxygens (including phenoxy) is 2. The highest BCUT2D eigenvalue weighted by Gasteiger charge is 2.49. The van der Waals surface area contributed by atoms with E-state index in [4.69, 9.17) is 15.2 Å². The first-order valence-electron chi connectivity index (χ1n) is 20.8. The highest BCUT2D eigenvalue weighted by molar-refractivity contribution is 5.94. The number of nitrogens with one attached hydrogen (secondary N) is 3. The number of nitrogens with zero attached hydrogens (tertiary/aromatic N) is 1. The highest BCUT2D eigenvalue weighted by Crippen LogP contribution is 2.37. The second-order valence-electron chi connectivity index (χ2n) is 16.8. The summed E-state index contributed by atoms with van der Waals surface area (Å²) in [6, 6.07) is 16.0. The number of benzene rings is 2. The van der Waals surface area contributed by atoms with Gasteiger partial charge in [0.1, 0.15) is 13.2 Å². The van der Waals surface area contributed by atoms with Crippen molar-refractivity contribution in [2.45, 2.75) is 156 Å². The Morgan fingerprint density at radius 3 is 1.82 bits per heavy atom. The van der Waals surface area contributed by atoms with Crippen LogP contribution in [0.4, 0.5) is 0 Å². The van der Waals surface area contributed by atoms with Crippen molar-refractivity contribution in [1.29, 1.82) is 0 Å². The third kappa shape index (κ3) is 14.5. The van der Waals surface area contributed by atoms with E-state index in [0.717, 1.165) is 30.8 Å². The lowest BCUT2D eigenvalue weighted by Gasteiger charge is -2.47. The van der Waals surface area contributed by atoms with Gasteiger partial charge < -0.3 is 36.1 Å². The molecule has 11 nitrogen and oxygen atoms in total. The maximum absolute atomic E-state index is 14.5. The van der Waals surface area contributed by atoms with Crippen molar-refractivity contribution in [3.63, 3.8) is 0 Å². The van der Waals surface area contributed by atoms with E-state index in [9.17, 15) is 19.2 Å². The smallest absolute Gasteiger partial charge is 0.306 e. The summed E-state index contributed by atoms with van der Waals surface area (Å²) in [7, 11) is 0. The number of rotatable bonds is 26. The van der Waals surface area contributed by atoms with Gasteiger partial charge in [0.2, 0.25) is 0 Å². The average Bonchev–Trinajstić information content (AvgIpc) is 3.71. The van der Waals surface area contributed by atoms with Gasteiger partial charge in [-0.3, -0.25) is 19.2 Å². The Morgan fingerprint density at radius 2 is 1.29 bits per heavy atom. The molecule has 1 aliphatic rings. The number of carbonyl (C=O) groups excluding carboxylic acids is 4. The van der Waals surface area contributed by atoms with E-state index in [2.05, 4.69) is 33.0 Å². The molecule has 0 aliphatic carbocycles. The molecule has 1 aliphatic heterocycles. The zero-order chi connectivity index (χ0) is 41.4. The zero-order valence-corrected chi connectivity index (χ0v) is 35.5. The van der Waals surface area contributed by atoms with E-state index in [1.165, 1.54) is 31.5 Å². The average molecular weight is 778 g/mol. The molecule has 3 rings (SSSR count). The minimum absolute atomic E-state index is 0.00412. The molecule has 4 atom stereocenters. The summed E-state index contributed by atoms with van der Waals surface area (Å²) in [4.78, 5) is 56.8. The normalized spacial score (nSPS) is 16.8. The third-order valence-corrected chi connectivity index (χ3v) is 11.7. The van der Waals surface area contributed by atoms with E-state index >= 15 is 0 Å². The first-order valence-corrected chi connectivity index (χ1v) is 20.8. The van der Waals surface area contributed by atoms with Gasteiger partial charge in [0, 0.05) is 49.5 Å². The first kappa shape index (κ1) is 46.9. The minimum atomic E-state index is -1.14. The Bertz CT molecular complexity index is 1520. The Balaban J connectivity index is 1.61. The van der Waals surface area contributed by atoms with Gasteiger partial charge >= 0.3 is 11.9 Å². The second kappa shape index (κ2) is 22.5. The molecule has 1 heterocycles. The molecule has 0 aromatic heterocycles. The summed E-state index contributed by atoms with van der Waals surface area (Å²) in [5.41, 5.74) is 6.42. The largest absolute Gasteiger partial charge is 0.461 e. The quantitative estimate of drug-likeness (QED) is 0.0658. The molecule has 5 N–H and O–H groups in total. The van der Waals surface area contributed by atoms with Crippen molar-refractivity contribution >= 4 is 23.5 Å². The van der Waals surface area contributed by atoms with Crippen LogP contribution in [0.15, 0.2) is 54.6 Å². The number of carbonyl (C=O) groups is 4. The molecule has 2 aromatic rings. The van der Waals surface area contributed by atoms with Gasteiger partial charge in [-0.05, 0) is 82.2 Å². The van der Waals surface area contributed by atoms with Gasteiger partial charge in [-0.2, -0.15) is 0 Å². The maximum Gasteiger partial charge on any atom is 0.306 e. The predicted molar refractivity (Wildman–Crippen MR) is 223 cm³/mol. The topological polar surface area (TPSA) is 152 Å². The lowest BCUT2D eigenvalue weighted by Crippen LogP contribution is -2.66. The van der Waals surface area contributed by atoms with Crippen molar-refractivity contribution in [3.8, 4) is 0 Å². The standard InChI is InChI=1S/C45H71N5O6/c1-9-44(7,46)42(54)38(23-25-40(52)55-31-35-16-12-11-13-17-35)49-45(8,10-2)43(5,6)41(53)37(48-33(3)4)22-24-39(51)56-32-36-20-18-34(19-21-36)30-47-26-29-50-27-14-15-28-50/h11-13,16-21,33,37-38,47-49H,9-10,14-15,22-32,46H2,1-8H3/t37-,38-,44?,45?/m0/s1. The van der Waals surface area contributed by atoms with Gasteiger partial charge in [-0.1, -0.05) is 96.1 Å². The van der Waals surface area contributed by atoms with Crippen LogP contribution >= 0.6 is 0 Å². The number of Topliss-reactive ketones (excluding diaryl/α,β-unsaturated/α-hetero) is 2. The predicted octanol–water partition coefficient (Wildman–Crippen LogP) is 6.00. The van der Waals surface area contributed by atoms with Crippen molar-refractivity contribution in [2.24, 2.45) is 11.1 Å². The van der Waals surface area contributed by atoms with E-state index in [1.807, 2.05) is 90.9 Å². The monoisotopic (exact) mass is 778 g/mol. The molecule has 312 valence electrons. The lowest BCUT2D eigenvalue weighted by atomic mass is 9.66. The van der Waals surface area contributed by atoms with Crippen LogP contribution < -0.4 is 21.7 Å². The number of esters is 2. The molecule has 0 radical (unpaired) electrons. The van der Waals surface area contributed by atoms with Crippen LogP contribution in [-0.4, -0.2) is 83.8 Å². The Kier molecular flexibility index (Phi) is 18.8. The Hall–Kier alpha value is -3.48. The van der Waals surface area contributed by atoms with Crippen molar-refractivity contribution in [1.82, 2.24) is 20.9 Å². The van der Waals surface area contributed by atoms with Gasteiger partial charge in [0.05, 0.1) is 17.6 Å². The van der Waals surface area contributed by atoms with E-state index < -0.39 is 34.5 Å². The number of hydrogen-bond acceptors (Lipinski definition) is 11. The summed E-state index contributed by atoms with van der Waals surface area (Å²) in [5, 5.41) is 10.4. The molecule has 0 saturated carbocycles. The van der Waals surface area contributed by atoms with Crippen LogP contribution in [-0.2, 0) is 48.4 Å². The third-order valence-electron chi connectivity index (χ3n) is 11.7.